The molecule has 1 aliphatic heterocycles. The Morgan fingerprint density at radius 2 is 2.00 bits per heavy atom. The molecule has 1 saturated heterocycles. The van der Waals surface area contributed by atoms with Crippen LogP contribution in [0.3, 0.4) is 0 Å². The lowest BCUT2D eigenvalue weighted by molar-refractivity contribution is -0.131. The molecule has 2 heterocycles. The summed E-state index contributed by atoms with van der Waals surface area (Å²) in [6.07, 6.45) is 4.91. The van der Waals surface area contributed by atoms with Gasteiger partial charge in [0, 0.05) is 30.3 Å². The number of ether oxygens (including phenoxy) is 1. The van der Waals surface area contributed by atoms with E-state index in [9.17, 15) is 9.59 Å². The Morgan fingerprint density at radius 3 is 2.78 bits per heavy atom. The highest BCUT2D eigenvalue weighted by molar-refractivity contribution is 5.98. The summed E-state index contributed by atoms with van der Waals surface area (Å²) in [4.78, 5) is 27.3. The molecule has 6 nitrogen and oxygen atoms in total. The van der Waals surface area contributed by atoms with Crippen molar-refractivity contribution >= 4 is 34.5 Å². The van der Waals surface area contributed by atoms with Crippen molar-refractivity contribution in [3.63, 3.8) is 0 Å². The quantitative estimate of drug-likeness (QED) is 0.549. The Balaban J connectivity index is 1.46. The first-order chi connectivity index (χ1) is 15.5. The Kier molecular flexibility index (Phi) is 6.71. The summed E-state index contributed by atoms with van der Waals surface area (Å²) in [5.41, 5.74) is 3.65. The molecular formula is C26H28N2O4. The fraction of sp³-hybridized carbons (Fsp3) is 0.308. The van der Waals surface area contributed by atoms with Crippen LogP contribution in [0, 0.1) is 13.8 Å². The van der Waals surface area contributed by atoms with E-state index in [-0.39, 0.29) is 24.5 Å². The number of nitrogens with one attached hydrogen (secondary N) is 1. The number of rotatable bonds is 7. The van der Waals surface area contributed by atoms with Crippen molar-refractivity contribution in [2.24, 2.45) is 0 Å². The predicted molar refractivity (Wildman–Crippen MR) is 125 cm³/mol. The van der Waals surface area contributed by atoms with Gasteiger partial charge in [-0.25, -0.2) is 0 Å². The molecule has 1 aromatic heterocycles. The second-order valence-electron chi connectivity index (χ2n) is 8.17. The molecule has 1 N–H and O–H groups in total. The Labute approximate surface area is 187 Å². The zero-order chi connectivity index (χ0) is 22.5. The summed E-state index contributed by atoms with van der Waals surface area (Å²) >= 11 is 0. The predicted octanol–water partition coefficient (Wildman–Crippen LogP) is 4.71. The molecule has 2 amide bonds. The summed E-state index contributed by atoms with van der Waals surface area (Å²) in [5, 5.41) is 3.91. The number of carbonyl (C=O) groups is 2. The average Bonchev–Trinajstić information content (AvgIpc) is 3.44. The van der Waals surface area contributed by atoms with E-state index < -0.39 is 0 Å². The highest BCUT2D eigenvalue weighted by Gasteiger charge is 2.23. The maximum absolute atomic E-state index is 13.0. The Bertz CT molecular complexity index is 1110. The minimum absolute atomic E-state index is 0.0451. The fourth-order valence-electron chi connectivity index (χ4n) is 3.86. The van der Waals surface area contributed by atoms with Gasteiger partial charge in [0.2, 0.25) is 11.8 Å². The number of anilines is 1. The molecule has 0 aliphatic carbocycles. The van der Waals surface area contributed by atoms with Gasteiger partial charge in [-0.1, -0.05) is 30.3 Å². The molecule has 6 heteroatoms. The van der Waals surface area contributed by atoms with Crippen molar-refractivity contribution in [2.75, 3.05) is 25.0 Å². The Morgan fingerprint density at radius 1 is 1.16 bits per heavy atom. The minimum atomic E-state index is -0.253. The number of para-hydroxylation sites is 1. The summed E-state index contributed by atoms with van der Waals surface area (Å²) in [7, 11) is 0. The van der Waals surface area contributed by atoms with Gasteiger partial charge in [0.1, 0.15) is 17.9 Å². The van der Waals surface area contributed by atoms with E-state index in [0.29, 0.717) is 18.9 Å². The van der Waals surface area contributed by atoms with Crippen LogP contribution in [-0.2, 0) is 14.3 Å². The fourth-order valence-corrected chi connectivity index (χ4v) is 3.86. The third-order valence-electron chi connectivity index (χ3n) is 5.81. The normalized spacial score (nSPS) is 16.0. The second-order valence-corrected chi connectivity index (χ2v) is 8.17. The van der Waals surface area contributed by atoms with E-state index in [0.717, 1.165) is 40.6 Å². The van der Waals surface area contributed by atoms with Gasteiger partial charge >= 0.3 is 0 Å². The first-order valence-corrected chi connectivity index (χ1v) is 10.9. The second kappa shape index (κ2) is 9.83. The van der Waals surface area contributed by atoms with Crippen LogP contribution in [0.5, 0.6) is 0 Å². The van der Waals surface area contributed by atoms with E-state index in [1.54, 1.807) is 6.08 Å². The lowest BCUT2D eigenvalue weighted by atomic mass is 10.1. The zero-order valence-electron chi connectivity index (χ0n) is 18.5. The van der Waals surface area contributed by atoms with Crippen LogP contribution >= 0.6 is 0 Å². The zero-order valence-corrected chi connectivity index (χ0v) is 18.5. The molecule has 0 bridgehead atoms. The standard InChI is InChI=1S/C26H28N2O4/c1-18-7-5-10-23(19(18)2)27-25(29)17-28(16-22-9-6-14-31-22)26(30)13-12-21-15-20-8-3-4-11-24(20)32-21/h3-5,7-8,10-13,15,22H,6,9,14,16-17H2,1-2H3,(H,27,29)/b13-12+. The molecule has 32 heavy (non-hydrogen) atoms. The van der Waals surface area contributed by atoms with Crippen molar-refractivity contribution < 1.29 is 18.7 Å². The van der Waals surface area contributed by atoms with Crippen LogP contribution in [0.15, 0.2) is 59.0 Å². The van der Waals surface area contributed by atoms with Crippen molar-refractivity contribution in [3.8, 4) is 0 Å². The number of carbonyl (C=O) groups excluding carboxylic acids is 2. The van der Waals surface area contributed by atoms with Crippen molar-refractivity contribution in [1.82, 2.24) is 4.90 Å². The molecule has 4 rings (SSSR count). The molecule has 0 saturated carbocycles. The monoisotopic (exact) mass is 432 g/mol. The maximum Gasteiger partial charge on any atom is 0.247 e. The summed E-state index contributed by atoms with van der Waals surface area (Å²) in [5.74, 6) is 0.107. The van der Waals surface area contributed by atoms with Crippen molar-refractivity contribution in [3.05, 3.63) is 71.5 Å². The average molecular weight is 433 g/mol. The van der Waals surface area contributed by atoms with Crippen molar-refractivity contribution in [1.29, 1.82) is 0 Å². The van der Waals surface area contributed by atoms with E-state index in [1.165, 1.54) is 11.0 Å². The number of hydrogen-bond acceptors (Lipinski definition) is 4. The highest BCUT2D eigenvalue weighted by atomic mass is 16.5. The lowest BCUT2D eigenvalue weighted by Gasteiger charge is -2.24. The molecule has 166 valence electrons. The van der Waals surface area contributed by atoms with Gasteiger partial charge in [-0.15, -0.1) is 0 Å². The third kappa shape index (κ3) is 5.26. The van der Waals surface area contributed by atoms with Crippen LogP contribution in [0.4, 0.5) is 5.69 Å². The van der Waals surface area contributed by atoms with Gasteiger partial charge in [0.05, 0.1) is 6.10 Å². The smallest absolute Gasteiger partial charge is 0.247 e. The van der Waals surface area contributed by atoms with Crippen LogP contribution < -0.4 is 5.32 Å². The summed E-state index contributed by atoms with van der Waals surface area (Å²) in [6, 6.07) is 15.3. The maximum atomic E-state index is 13.0. The molecule has 1 aliphatic rings. The third-order valence-corrected chi connectivity index (χ3v) is 5.81. The molecule has 3 aromatic rings. The van der Waals surface area contributed by atoms with Crippen molar-refractivity contribution in [2.45, 2.75) is 32.8 Å². The number of furan rings is 1. The molecule has 2 aromatic carbocycles. The van der Waals surface area contributed by atoms with E-state index >= 15 is 0 Å². The van der Waals surface area contributed by atoms with E-state index in [2.05, 4.69) is 5.32 Å². The van der Waals surface area contributed by atoms with E-state index in [4.69, 9.17) is 9.15 Å². The number of nitrogens with zero attached hydrogens (tertiary/aromatic N) is 1. The number of hydrogen-bond donors (Lipinski definition) is 1. The van der Waals surface area contributed by atoms with Gasteiger partial charge in [-0.2, -0.15) is 0 Å². The topological polar surface area (TPSA) is 71.8 Å². The van der Waals surface area contributed by atoms with Gasteiger partial charge in [-0.3, -0.25) is 9.59 Å². The number of aryl methyl sites for hydroxylation is 1. The molecule has 1 unspecified atom stereocenters. The molecule has 0 radical (unpaired) electrons. The van der Waals surface area contributed by atoms with Gasteiger partial charge < -0.3 is 19.4 Å². The first kappa shape index (κ1) is 21.8. The summed E-state index contributed by atoms with van der Waals surface area (Å²) in [6.45, 7) is 4.99. The minimum Gasteiger partial charge on any atom is -0.457 e. The highest BCUT2D eigenvalue weighted by Crippen LogP contribution is 2.21. The van der Waals surface area contributed by atoms with Crippen LogP contribution in [0.25, 0.3) is 17.0 Å². The van der Waals surface area contributed by atoms with Gasteiger partial charge in [0.15, 0.2) is 0 Å². The SMILES string of the molecule is Cc1cccc(NC(=O)CN(CC2CCCO2)C(=O)/C=C/c2cc3ccccc3o2)c1C. The lowest BCUT2D eigenvalue weighted by Crippen LogP contribution is -2.41. The number of amides is 2. The van der Waals surface area contributed by atoms with Gasteiger partial charge in [-0.05, 0) is 62.1 Å². The Hall–Kier alpha value is -3.38. The first-order valence-electron chi connectivity index (χ1n) is 10.9. The number of fused-ring (bicyclic) bond motifs is 1. The van der Waals surface area contributed by atoms with Crippen LogP contribution in [0.1, 0.15) is 29.7 Å². The molecule has 1 fully saturated rings. The van der Waals surface area contributed by atoms with Crippen LogP contribution in [0.2, 0.25) is 0 Å². The molecular weight excluding hydrogens is 404 g/mol. The molecule has 0 spiro atoms. The largest absolute Gasteiger partial charge is 0.457 e. The van der Waals surface area contributed by atoms with E-state index in [1.807, 2.05) is 62.4 Å². The van der Waals surface area contributed by atoms with Crippen LogP contribution in [-0.4, -0.2) is 42.5 Å². The number of benzene rings is 2. The van der Waals surface area contributed by atoms with Gasteiger partial charge in [0.25, 0.3) is 0 Å². The molecule has 1 atom stereocenters. The summed E-state index contributed by atoms with van der Waals surface area (Å²) < 4.78 is 11.5.